The number of nitrogens with zero attached hydrogens (tertiary/aromatic N) is 3. The highest BCUT2D eigenvalue weighted by atomic mass is 32.1. The van der Waals surface area contributed by atoms with Crippen LogP contribution in [-0.4, -0.2) is 9.49 Å². The van der Waals surface area contributed by atoms with Crippen LogP contribution in [0.2, 0.25) is 0 Å². The van der Waals surface area contributed by atoms with Crippen molar-refractivity contribution in [2.75, 3.05) is 0 Å². The lowest BCUT2D eigenvalue weighted by Crippen LogP contribution is -2.39. The first-order valence-electron chi connectivity index (χ1n) is 12.2. The summed E-state index contributed by atoms with van der Waals surface area (Å²) in [6.07, 6.45) is 6.83. The van der Waals surface area contributed by atoms with Gasteiger partial charge in [0.1, 0.15) is 0 Å². The van der Waals surface area contributed by atoms with Gasteiger partial charge in [-0.3, -0.25) is 19.5 Å². The fourth-order valence-corrected chi connectivity index (χ4v) is 6.09. The number of hydrogen-bond donors (Lipinski definition) is 0. The maximum Gasteiger partial charge on any atom is 0.271 e. The highest BCUT2D eigenvalue weighted by Gasteiger charge is 2.32. The number of nitro groups is 1. The fourth-order valence-electron chi connectivity index (χ4n) is 5.09. The van der Waals surface area contributed by atoms with Gasteiger partial charge in [0.2, 0.25) is 0 Å². The van der Waals surface area contributed by atoms with E-state index < -0.39 is 4.92 Å². The number of hydrogen-bond acceptors (Lipinski definition) is 5. The van der Waals surface area contributed by atoms with Gasteiger partial charge in [0.05, 0.1) is 21.2 Å². The van der Waals surface area contributed by atoms with E-state index in [1.165, 1.54) is 34.6 Å². The molecule has 2 aliphatic rings. The molecule has 0 bridgehead atoms. The van der Waals surface area contributed by atoms with Gasteiger partial charge in [0.15, 0.2) is 4.80 Å². The van der Waals surface area contributed by atoms with Crippen LogP contribution in [0.25, 0.3) is 12.2 Å². The van der Waals surface area contributed by atoms with Crippen molar-refractivity contribution in [3.05, 3.63) is 148 Å². The molecule has 6 nitrogen and oxygen atoms in total. The van der Waals surface area contributed by atoms with Crippen molar-refractivity contribution >= 4 is 29.2 Å². The SMILES string of the molecule is O=c1c(=Cc2ccc([N+](=O)[O-])cc2)sc2n1C(c1ccccc1)C1=C(N=2)C(=Cc2ccccc2)CCC1. The first-order valence-corrected chi connectivity index (χ1v) is 13.0. The van der Waals surface area contributed by atoms with Gasteiger partial charge in [0.25, 0.3) is 11.2 Å². The van der Waals surface area contributed by atoms with Gasteiger partial charge in [-0.25, -0.2) is 4.99 Å². The molecule has 7 heteroatoms. The maximum absolute atomic E-state index is 13.8. The van der Waals surface area contributed by atoms with Crippen LogP contribution >= 0.6 is 11.3 Å². The number of aromatic nitrogens is 1. The van der Waals surface area contributed by atoms with E-state index in [-0.39, 0.29) is 17.3 Å². The zero-order valence-corrected chi connectivity index (χ0v) is 20.7. The molecule has 37 heavy (non-hydrogen) atoms. The smallest absolute Gasteiger partial charge is 0.271 e. The van der Waals surface area contributed by atoms with Crippen LogP contribution in [0, 0.1) is 10.1 Å². The second-order valence-corrected chi connectivity index (χ2v) is 10.2. The first-order chi connectivity index (χ1) is 18.1. The molecule has 0 saturated carbocycles. The summed E-state index contributed by atoms with van der Waals surface area (Å²) in [7, 11) is 0. The molecule has 0 amide bonds. The summed E-state index contributed by atoms with van der Waals surface area (Å²) < 4.78 is 2.38. The van der Waals surface area contributed by atoms with Crippen molar-refractivity contribution in [1.29, 1.82) is 0 Å². The van der Waals surface area contributed by atoms with Gasteiger partial charge in [-0.05, 0) is 71.4 Å². The molecular formula is C30H23N3O3S. The first kappa shape index (κ1) is 23.1. The molecule has 1 aromatic heterocycles. The monoisotopic (exact) mass is 505 g/mol. The molecule has 4 aromatic rings. The van der Waals surface area contributed by atoms with Crippen molar-refractivity contribution in [3.63, 3.8) is 0 Å². The van der Waals surface area contributed by atoms with Crippen LogP contribution in [0.3, 0.4) is 0 Å². The summed E-state index contributed by atoms with van der Waals surface area (Å²) in [6.45, 7) is 0. The predicted molar refractivity (Wildman–Crippen MR) is 146 cm³/mol. The van der Waals surface area contributed by atoms with E-state index in [9.17, 15) is 14.9 Å². The number of fused-ring (bicyclic) bond motifs is 1. The Kier molecular flexibility index (Phi) is 5.98. The molecule has 1 aliphatic heterocycles. The summed E-state index contributed by atoms with van der Waals surface area (Å²) in [5.41, 5.74) is 6.23. The molecule has 2 heterocycles. The highest BCUT2D eigenvalue weighted by Crippen LogP contribution is 2.41. The molecule has 1 atom stereocenters. The van der Waals surface area contributed by atoms with Crippen molar-refractivity contribution in [2.24, 2.45) is 4.99 Å². The van der Waals surface area contributed by atoms with E-state index in [2.05, 4.69) is 30.3 Å². The Morgan fingerprint density at radius 2 is 1.57 bits per heavy atom. The number of benzene rings is 3. The Morgan fingerprint density at radius 1 is 0.892 bits per heavy atom. The molecule has 0 spiro atoms. The van der Waals surface area contributed by atoms with E-state index in [0.717, 1.165) is 41.6 Å². The van der Waals surface area contributed by atoms with Crippen LogP contribution in [0.1, 0.15) is 42.0 Å². The zero-order chi connectivity index (χ0) is 25.4. The standard InChI is InChI=1S/C30H23N3O3S/c34-29-26(19-21-14-16-24(17-15-21)33(35)36)37-30-31-27-23(18-20-8-3-1-4-9-20)12-7-13-25(27)28(32(29)30)22-10-5-2-6-11-22/h1-6,8-11,14-19,28H,7,12-13H2. The summed E-state index contributed by atoms with van der Waals surface area (Å²) in [5, 5.41) is 11.0. The average molecular weight is 506 g/mol. The second-order valence-electron chi connectivity index (χ2n) is 9.15. The van der Waals surface area contributed by atoms with Gasteiger partial charge in [0, 0.05) is 12.1 Å². The molecular weight excluding hydrogens is 482 g/mol. The largest absolute Gasteiger partial charge is 0.272 e. The molecule has 0 N–H and O–H groups in total. The number of thiazole rings is 1. The summed E-state index contributed by atoms with van der Waals surface area (Å²) >= 11 is 1.36. The Balaban J connectivity index is 1.54. The zero-order valence-electron chi connectivity index (χ0n) is 19.9. The van der Waals surface area contributed by atoms with Crippen LogP contribution in [0.15, 0.2) is 112 Å². The minimum Gasteiger partial charge on any atom is -0.272 e. The molecule has 3 aromatic carbocycles. The van der Waals surface area contributed by atoms with Crippen LogP contribution < -0.4 is 14.9 Å². The number of nitro benzene ring substituents is 1. The number of non-ortho nitro benzene ring substituents is 1. The van der Waals surface area contributed by atoms with E-state index in [1.54, 1.807) is 18.2 Å². The Bertz CT molecular complexity index is 1730. The third kappa shape index (κ3) is 4.38. The number of allylic oxidation sites excluding steroid dienone is 2. The molecule has 1 aliphatic carbocycles. The van der Waals surface area contributed by atoms with Crippen molar-refractivity contribution in [1.82, 2.24) is 4.57 Å². The Hall–Kier alpha value is -4.36. The molecule has 0 radical (unpaired) electrons. The summed E-state index contributed by atoms with van der Waals surface area (Å²) in [6, 6.07) is 26.4. The van der Waals surface area contributed by atoms with E-state index >= 15 is 0 Å². The topological polar surface area (TPSA) is 77.5 Å². The minimum atomic E-state index is -0.428. The maximum atomic E-state index is 13.8. The van der Waals surface area contributed by atoms with Crippen LogP contribution in [0.4, 0.5) is 5.69 Å². The van der Waals surface area contributed by atoms with Crippen molar-refractivity contribution < 1.29 is 4.92 Å². The lowest BCUT2D eigenvalue weighted by atomic mass is 9.84. The Morgan fingerprint density at radius 3 is 2.27 bits per heavy atom. The molecule has 182 valence electrons. The summed E-state index contributed by atoms with van der Waals surface area (Å²) in [4.78, 5) is 30.1. The molecule has 0 fully saturated rings. The van der Waals surface area contributed by atoms with Gasteiger partial charge >= 0.3 is 0 Å². The van der Waals surface area contributed by atoms with Gasteiger partial charge in [-0.1, -0.05) is 72.0 Å². The fraction of sp³-hybridized carbons (Fsp3) is 0.133. The third-order valence-corrected chi connectivity index (χ3v) is 7.77. The average Bonchev–Trinajstić information content (AvgIpc) is 3.23. The van der Waals surface area contributed by atoms with E-state index in [0.29, 0.717) is 9.33 Å². The minimum absolute atomic E-state index is 0.0214. The van der Waals surface area contributed by atoms with Crippen LogP contribution in [0.5, 0.6) is 0 Å². The van der Waals surface area contributed by atoms with Crippen molar-refractivity contribution in [3.8, 4) is 0 Å². The molecule has 6 rings (SSSR count). The normalized spacial score (nSPS) is 18.3. The molecule has 0 saturated heterocycles. The molecule has 1 unspecified atom stereocenters. The van der Waals surface area contributed by atoms with Gasteiger partial charge in [-0.15, -0.1) is 0 Å². The predicted octanol–water partition coefficient (Wildman–Crippen LogP) is 5.39. The quantitative estimate of drug-likeness (QED) is 0.276. The lowest BCUT2D eigenvalue weighted by Gasteiger charge is -2.31. The number of rotatable bonds is 4. The van der Waals surface area contributed by atoms with Crippen molar-refractivity contribution in [2.45, 2.75) is 25.3 Å². The Labute approximate surface area is 217 Å². The summed E-state index contributed by atoms with van der Waals surface area (Å²) in [5.74, 6) is 0. The highest BCUT2D eigenvalue weighted by molar-refractivity contribution is 7.07. The van der Waals surface area contributed by atoms with Gasteiger partial charge in [-0.2, -0.15) is 0 Å². The second kappa shape index (κ2) is 9.59. The van der Waals surface area contributed by atoms with Gasteiger partial charge < -0.3 is 0 Å². The van der Waals surface area contributed by atoms with E-state index in [4.69, 9.17) is 4.99 Å². The lowest BCUT2D eigenvalue weighted by molar-refractivity contribution is -0.384. The third-order valence-electron chi connectivity index (χ3n) is 6.79. The van der Waals surface area contributed by atoms with Crippen LogP contribution in [-0.2, 0) is 0 Å². The van der Waals surface area contributed by atoms with E-state index in [1.807, 2.05) is 41.0 Å².